The molecule has 1 aromatic carbocycles. The highest BCUT2D eigenvalue weighted by molar-refractivity contribution is 6.31. The summed E-state index contributed by atoms with van der Waals surface area (Å²) in [5, 5.41) is 5.08. The number of carbonyl (C=O) groups is 4. The van der Waals surface area contributed by atoms with Crippen LogP contribution in [0.15, 0.2) is 24.3 Å². The molecule has 1 aromatic rings. The second-order valence-electron chi connectivity index (χ2n) is 6.18. The Kier molecular flexibility index (Phi) is 7.60. The first-order chi connectivity index (χ1) is 12.9. The summed E-state index contributed by atoms with van der Waals surface area (Å²) in [5.74, 6) is -2.20. The van der Waals surface area contributed by atoms with Crippen molar-refractivity contribution in [3.8, 4) is 0 Å². The Bertz CT molecular complexity index is 725. The lowest BCUT2D eigenvalue weighted by Gasteiger charge is -2.17. The molecule has 4 amide bonds. The fraction of sp³-hybridized carbons (Fsp3) is 0.444. The number of hydrogen-bond donors (Lipinski definition) is 2. The summed E-state index contributed by atoms with van der Waals surface area (Å²) in [6.45, 7) is 2.24. The van der Waals surface area contributed by atoms with E-state index in [2.05, 4.69) is 10.6 Å². The smallest absolute Gasteiger partial charge is 0.321 e. The van der Waals surface area contributed by atoms with Crippen molar-refractivity contribution in [2.75, 3.05) is 19.7 Å². The van der Waals surface area contributed by atoms with Gasteiger partial charge in [-0.15, -0.1) is 0 Å². The van der Waals surface area contributed by atoms with E-state index in [-0.39, 0.29) is 18.9 Å². The van der Waals surface area contributed by atoms with Gasteiger partial charge in [-0.2, -0.15) is 0 Å². The number of hydrogen-bond acceptors (Lipinski definition) is 5. The maximum Gasteiger partial charge on any atom is 0.321 e. The molecule has 1 heterocycles. The van der Waals surface area contributed by atoms with Crippen LogP contribution in [0.1, 0.15) is 25.3 Å². The SMILES string of the molecule is CCCNC(=O)NC(=O)COC(=O)[C@@H]1CC(=O)N(Cc2ccccc2Cl)C1. The summed E-state index contributed by atoms with van der Waals surface area (Å²) < 4.78 is 4.93. The monoisotopic (exact) mass is 395 g/mol. The van der Waals surface area contributed by atoms with Gasteiger partial charge in [0.15, 0.2) is 6.61 Å². The number of ether oxygens (including phenoxy) is 1. The molecule has 1 saturated heterocycles. The average Bonchev–Trinajstić information content (AvgIpc) is 3.00. The number of amides is 4. The second kappa shape index (κ2) is 9.91. The minimum atomic E-state index is -0.728. The maximum atomic E-state index is 12.1. The topological polar surface area (TPSA) is 105 Å². The summed E-state index contributed by atoms with van der Waals surface area (Å²) in [4.78, 5) is 48.7. The number of benzene rings is 1. The second-order valence-corrected chi connectivity index (χ2v) is 6.59. The van der Waals surface area contributed by atoms with Crippen molar-refractivity contribution in [2.24, 2.45) is 5.92 Å². The van der Waals surface area contributed by atoms with Gasteiger partial charge in [0.05, 0.1) is 5.92 Å². The lowest BCUT2D eigenvalue weighted by Crippen LogP contribution is -2.42. The number of likely N-dealkylation sites (tertiary alicyclic amines) is 1. The molecule has 2 rings (SSSR count). The molecule has 0 radical (unpaired) electrons. The van der Waals surface area contributed by atoms with Crippen LogP contribution in [-0.4, -0.2) is 48.4 Å². The molecule has 1 fully saturated rings. The highest BCUT2D eigenvalue weighted by Crippen LogP contribution is 2.24. The maximum absolute atomic E-state index is 12.1. The molecule has 0 spiro atoms. The first-order valence-corrected chi connectivity index (χ1v) is 9.04. The predicted octanol–water partition coefficient (Wildman–Crippen LogP) is 1.47. The number of esters is 1. The number of nitrogens with one attached hydrogen (secondary N) is 2. The molecule has 8 nitrogen and oxygen atoms in total. The first-order valence-electron chi connectivity index (χ1n) is 8.66. The van der Waals surface area contributed by atoms with Crippen LogP contribution in [0.3, 0.4) is 0 Å². The van der Waals surface area contributed by atoms with Crippen LogP contribution in [0.25, 0.3) is 0 Å². The van der Waals surface area contributed by atoms with E-state index in [0.717, 1.165) is 12.0 Å². The van der Waals surface area contributed by atoms with Gasteiger partial charge in [-0.05, 0) is 18.1 Å². The minimum absolute atomic E-state index is 0.0158. The molecule has 1 aliphatic rings. The van der Waals surface area contributed by atoms with Crippen molar-refractivity contribution in [3.63, 3.8) is 0 Å². The van der Waals surface area contributed by atoms with Gasteiger partial charge in [-0.3, -0.25) is 19.7 Å². The van der Waals surface area contributed by atoms with Crippen molar-refractivity contribution >= 4 is 35.4 Å². The highest BCUT2D eigenvalue weighted by atomic mass is 35.5. The van der Waals surface area contributed by atoms with Crippen LogP contribution in [-0.2, 0) is 25.7 Å². The lowest BCUT2D eigenvalue weighted by molar-refractivity contribution is -0.152. The molecule has 146 valence electrons. The van der Waals surface area contributed by atoms with E-state index in [4.69, 9.17) is 16.3 Å². The average molecular weight is 396 g/mol. The van der Waals surface area contributed by atoms with E-state index in [9.17, 15) is 19.2 Å². The molecule has 1 atom stereocenters. The van der Waals surface area contributed by atoms with E-state index in [0.29, 0.717) is 18.1 Å². The van der Waals surface area contributed by atoms with Gasteiger partial charge in [0.1, 0.15) is 0 Å². The third-order valence-corrected chi connectivity index (χ3v) is 4.37. The largest absolute Gasteiger partial charge is 0.455 e. The van der Waals surface area contributed by atoms with Crippen LogP contribution < -0.4 is 10.6 Å². The Balaban J connectivity index is 1.79. The summed E-state index contributed by atoms with van der Waals surface area (Å²) in [6, 6.07) is 6.53. The Morgan fingerprint density at radius 1 is 1.30 bits per heavy atom. The van der Waals surface area contributed by atoms with E-state index in [1.54, 1.807) is 12.1 Å². The predicted molar refractivity (Wildman–Crippen MR) is 97.8 cm³/mol. The van der Waals surface area contributed by atoms with Crippen LogP contribution >= 0.6 is 11.6 Å². The third-order valence-electron chi connectivity index (χ3n) is 4.00. The van der Waals surface area contributed by atoms with Gasteiger partial charge in [0, 0.05) is 31.1 Å². The fourth-order valence-electron chi connectivity index (χ4n) is 2.62. The Labute approximate surface area is 162 Å². The first kappa shape index (κ1) is 20.7. The zero-order chi connectivity index (χ0) is 19.8. The molecule has 2 N–H and O–H groups in total. The molecule has 9 heteroatoms. The molecule has 27 heavy (non-hydrogen) atoms. The zero-order valence-corrected chi connectivity index (χ0v) is 15.8. The van der Waals surface area contributed by atoms with Gasteiger partial charge < -0.3 is 15.0 Å². The summed E-state index contributed by atoms with van der Waals surface area (Å²) in [5.41, 5.74) is 0.791. The quantitative estimate of drug-likeness (QED) is 0.680. The Morgan fingerprint density at radius 2 is 2.04 bits per heavy atom. The van der Waals surface area contributed by atoms with Crippen molar-refractivity contribution in [3.05, 3.63) is 34.9 Å². The van der Waals surface area contributed by atoms with Gasteiger partial charge in [-0.25, -0.2) is 4.79 Å². The number of urea groups is 1. The summed E-state index contributed by atoms with van der Waals surface area (Å²) in [6.07, 6.45) is 0.749. The number of nitrogens with zero attached hydrogens (tertiary/aromatic N) is 1. The summed E-state index contributed by atoms with van der Waals surface area (Å²) >= 11 is 6.10. The Morgan fingerprint density at radius 3 is 2.74 bits per heavy atom. The fourth-order valence-corrected chi connectivity index (χ4v) is 2.81. The molecule has 1 aliphatic heterocycles. The van der Waals surface area contributed by atoms with Crippen LogP contribution in [0.5, 0.6) is 0 Å². The van der Waals surface area contributed by atoms with Crippen LogP contribution in [0, 0.1) is 5.92 Å². The summed E-state index contributed by atoms with van der Waals surface area (Å²) in [7, 11) is 0. The van der Waals surface area contributed by atoms with Crippen molar-refractivity contribution in [1.82, 2.24) is 15.5 Å². The standard InChI is InChI=1S/C18H22ClN3O5/c1-2-7-20-18(26)21-15(23)11-27-17(25)13-8-16(24)22(10-13)9-12-5-3-4-6-14(12)19/h3-6,13H,2,7-11H2,1H3,(H2,20,21,23,26)/t13-/m1/s1. The third kappa shape index (κ3) is 6.25. The van der Waals surface area contributed by atoms with E-state index in [1.807, 2.05) is 19.1 Å². The van der Waals surface area contributed by atoms with Crippen LogP contribution in [0.2, 0.25) is 5.02 Å². The zero-order valence-electron chi connectivity index (χ0n) is 15.0. The number of imide groups is 1. The number of rotatable bonds is 7. The normalized spacial score (nSPS) is 16.1. The van der Waals surface area contributed by atoms with Gasteiger partial charge in [0.2, 0.25) is 5.91 Å². The molecule has 0 saturated carbocycles. The van der Waals surface area contributed by atoms with Gasteiger partial charge in [-0.1, -0.05) is 36.7 Å². The van der Waals surface area contributed by atoms with Crippen molar-refractivity contribution < 1.29 is 23.9 Å². The van der Waals surface area contributed by atoms with E-state index < -0.39 is 30.4 Å². The number of carbonyl (C=O) groups excluding carboxylic acids is 4. The van der Waals surface area contributed by atoms with Crippen molar-refractivity contribution in [1.29, 1.82) is 0 Å². The molecule has 0 aromatic heterocycles. The van der Waals surface area contributed by atoms with Crippen molar-refractivity contribution in [2.45, 2.75) is 26.3 Å². The van der Waals surface area contributed by atoms with E-state index in [1.165, 1.54) is 4.90 Å². The van der Waals surface area contributed by atoms with Crippen LogP contribution in [0.4, 0.5) is 4.79 Å². The minimum Gasteiger partial charge on any atom is -0.455 e. The van der Waals surface area contributed by atoms with Gasteiger partial charge in [0.25, 0.3) is 5.91 Å². The van der Waals surface area contributed by atoms with Gasteiger partial charge >= 0.3 is 12.0 Å². The molecular formula is C18H22ClN3O5. The number of halogens is 1. The highest BCUT2D eigenvalue weighted by Gasteiger charge is 2.35. The van der Waals surface area contributed by atoms with E-state index >= 15 is 0 Å². The molecular weight excluding hydrogens is 374 g/mol. The molecule has 0 unspecified atom stereocenters. The lowest BCUT2D eigenvalue weighted by atomic mass is 10.1. The molecule has 0 bridgehead atoms. The Hall–Kier alpha value is -2.61. The molecule has 0 aliphatic carbocycles.